The molecule has 3 heteroatoms. The predicted molar refractivity (Wildman–Crippen MR) is 65.2 cm³/mol. The third-order valence-electron chi connectivity index (χ3n) is 1.67. The summed E-state index contributed by atoms with van der Waals surface area (Å²) in [6.07, 6.45) is 1.19. The zero-order valence-electron chi connectivity index (χ0n) is 9.83. The van der Waals surface area contributed by atoms with E-state index in [4.69, 9.17) is 4.74 Å². The molecule has 1 aromatic carbocycles. The van der Waals surface area contributed by atoms with E-state index < -0.39 is 11.7 Å². The Morgan fingerprint density at radius 1 is 1.50 bits per heavy atom. The van der Waals surface area contributed by atoms with Crippen LogP contribution in [0.4, 0.5) is 10.5 Å². The third-order valence-corrected chi connectivity index (χ3v) is 1.67. The normalized spacial score (nSPS) is 10.7. The van der Waals surface area contributed by atoms with Crippen LogP contribution in [-0.2, 0) is 4.74 Å². The first-order valence-corrected chi connectivity index (χ1v) is 5.05. The molecule has 0 atom stereocenters. The van der Waals surface area contributed by atoms with Gasteiger partial charge in [-0.1, -0.05) is 24.8 Å². The fourth-order valence-electron chi connectivity index (χ4n) is 1.09. The van der Waals surface area contributed by atoms with Crippen LogP contribution in [0.2, 0.25) is 0 Å². The SMILES string of the molecule is C=Cc1[c]c(NC(=O)OC(C)(C)C)ccc1. The molecule has 0 aromatic heterocycles. The summed E-state index contributed by atoms with van der Waals surface area (Å²) in [5.74, 6) is 0. The highest BCUT2D eigenvalue weighted by atomic mass is 16.6. The molecule has 0 fully saturated rings. The molecule has 1 amide bonds. The number of carbonyl (C=O) groups excluding carboxylic acids is 1. The Morgan fingerprint density at radius 3 is 2.75 bits per heavy atom. The largest absolute Gasteiger partial charge is 0.444 e. The van der Waals surface area contributed by atoms with Crippen molar-refractivity contribution in [3.8, 4) is 0 Å². The van der Waals surface area contributed by atoms with E-state index in [1.165, 1.54) is 0 Å². The maximum Gasteiger partial charge on any atom is 0.412 e. The van der Waals surface area contributed by atoms with Crippen LogP contribution in [0.15, 0.2) is 24.8 Å². The van der Waals surface area contributed by atoms with E-state index in [1.54, 1.807) is 12.1 Å². The summed E-state index contributed by atoms with van der Waals surface area (Å²) < 4.78 is 5.12. The van der Waals surface area contributed by atoms with E-state index in [0.717, 1.165) is 5.56 Å². The molecule has 16 heavy (non-hydrogen) atoms. The van der Waals surface area contributed by atoms with Crippen LogP contribution in [0.25, 0.3) is 6.08 Å². The van der Waals surface area contributed by atoms with Crippen molar-refractivity contribution in [1.82, 2.24) is 0 Å². The van der Waals surface area contributed by atoms with Crippen LogP contribution in [0.3, 0.4) is 0 Å². The zero-order valence-corrected chi connectivity index (χ0v) is 9.83. The number of carbonyl (C=O) groups is 1. The van der Waals surface area contributed by atoms with Gasteiger partial charge in [0.25, 0.3) is 0 Å². The Hall–Kier alpha value is -1.77. The number of benzene rings is 1. The minimum Gasteiger partial charge on any atom is -0.444 e. The van der Waals surface area contributed by atoms with Crippen LogP contribution in [-0.4, -0.2) is 11.7 Å². The lowest BCUT2D eigenvalue weighted by molar-refractivity contribution is 0.0636. The number of hydrogen-bond donors (Lipinski definition) is 1. The molecule has 0 aliphatic carbocycles. The van der Waals surface area contributed by atoms with Gasteiger partial charge in [-0.05, 0) is 32.4 Å². The fraction of sp³-hybridized carbons (Fsp3) is 0.308. The van der Waals surface area contributed by atoms with Gasteiger partial charge in [0.15, 0.2) is 0 Å². The Balaban J connectivity index is 2.66. The van der Waals surface area contributed by atoms with Crippen LogP contribution < -0.4 is 5.32 Å². The van der Waals surface area contributed by atoms with Gasteiger partial charge in [-0.25, -0.2) is 4.79 Å². The van der Waals surface area contributed by atoms with E-state index >= 15 is 0 Å². The molecule has 0 saturated carbocycles. The van der Waals surface area contributed by atoms with E-state index in [1.807, 2.05) is 32.9 Å². The molecule has 1 rings (SSSR count). The number of amides is 1. The quantitative estimate of drug-likeness (QED) is 0.825. The minimum atomic E-state index is -0.500. The van der Waals surface area contributed by atoms with Crippen molar-refractivity contribution in [2.45, 2.75) is 26.4 Å². The molecule has 0 aliphatic heterocycles. The van der Waals surface area contributed by atoms with Gasteiger partial charge < -0.3 is 4.74 Å². The smallest absolute Gasteiger partial charge is 0.412 e. The van der Waals surface area contributed by atoms with Gasteiger partial charge in [-0.15, -0.1) is 0 Å². The van der Waals surface area contributed by atoms with Crippen molar-refractivity contribution in [2.75, 3.05) is 5.32 Å². The fourth-order valence-corrected chi connectivity index (χ4v) is 1.09. The number of nitrogens with one attached hydrogen (secondary N) is 1. The Labute approximate surface area is 96.1 Å². The summed E-state index contributed by atoms with van der Waals surface area (Å²) in [7, 11) is 0. The molecule has 0 spiro atoms. The molecule has 1 radical (unpaired) electrons. The molecule has 0 unspecified atom stereocenters. The zero-order chi connectivity index (χ0) is 12.2. The molecule has 0 aliphatic rings. The van der Waals surface area contributed by atoms with Crippen molar-refractivity contribution in [1.29, 1.82) is 0 Å². The second-order valence-electron chi connectivity index (χ2n) is 4.35. The molecular formula is C13H16NO2. The first-order valence-electron chi connectivity index (χ1n) is 5.05. The number of ether oxygens (including phenoxy) is 1. The van der Waals surface area contributed by atoms with Crippen LogP contribution >= 0.6 is 0 Å². The summed E-state index contributed by atoms with van der Waals surface area (Å²) in [5.41, 5.74) is 0.903. The van der Waals surface area contributed by atoms with Gasteiger partial charge in [0.2, 0.25) is 0 Å². The van der Waals surface area contributed by atoms with Crippen molar-refractivity contribution in [2.24, 2.45) is 0 Å². The van der Waals surface area contributed by atoms with Crippen molar-refractivity contribution >= 4 is 17.9 Å². The van der Waals surface area contributed by atoms with Crippen molar-refractivity contribution in [3.05, 3.63) is 36.4 Å². The molecule has 85 valence electrons. The standard InChI is InChI=1S/C13H16NO2/c1-5-10-7-6-8-11(9-10)14-12(15)16-13(2,3)4/h5-8H,1H2,2-4H3,(H,14,15). The highest BCUT2D eigenvalue weighted by Crippen LogP contribution is 2.13. The highest BCUT2D eigenvalue weighted by Gasteiger charge is 2.16. The molecule has 0 heterocycles. The van der Waals surface area contributed by atoms with E-state index in [0.29, 0.717) is 5.69 Å². The lowest BCUT2D eigenvalue weighted by Gasteiger charge is -2.19. The predicted octanol–water partition coefficient (Wildman–Crippen LogP) is 3.48. The lowest BCUT2D eigenvalue weighted by atomic mass is 10.2. The molecule has 0 bridgehead atoms. The first kappa shape index (κ1) is 12.3. The third kappa shape index (κ3) is 4.17. The maximum absolute atomic E-state index is 11.4. The van der Waals surface area contributed by atoms with Gasteiger partial charge in [0.1, 0.15) is 5.60 Å². The summed E-state index contributed by atoms with van der Waals surface area (Å²) in [6, 6.07) is 8.40. The number of anilines is 1. The van der Waals surface area contributed by atoms with Gasteiger partial charge >= 0.3 is 6.09 Å². The monoisotopic (exact) mass is 218 g/mol. The van der Waals surface area contributed by atoms with Crippen LogP contribution in [0.1, 0.15) is 26.3 Å². The Morgan fingerprint density at radius 2 is 2.19 bits per heavy atom. The molecule has 1 aromatic rings. The van der Waals surface area contributed by atoms with Gasteiger partial charge in [0.05, 0.1) is 5.69 Å². The van der Waals surface area contributed by atoms with E-state index in [-0.39, 0.29) is 0 Å². The average molecular weight is 218 g/mol. The maximum atomic E-state index is 11.4. The minimum absolute atomic E-state index is 0.482. The second-order valence-corrected chi connectivity index (χ2v) is 4.35. The molecule has 0 saturated heterocycles. The van der Waals surface area contributed by atoms with Gasteiger partial charge in [-0.2, -0.15) is 0 Å². The molecule has 1 N–H and O–H groups in total. The summed E-state index contributed by atoms with van der Waals surface area (Å²) in [6.45, 7) is 9.08. The number of hydrogen-bond acceptors (Lipinski definition) is 2. The number of rotatable bonds is 2. The second kappa shape index (κ2) is 4.84. The Bertz CT molecular complexity index is 391. The summed E-state index contributed by atoms with van der Waals surface area (Å²) >= 11 is 0. The summed E-state index contributed by atoms with van der Waals surface area (Å²) in [5, 5.41) is 2.61. The first-order chi connectivity index (χ1) is 7.40. The molecule has 3 nitrogen and oxygen atoms in total. The highest BCUT2D eigenvalue weighted by molar-refractivity contribution is 5.85. The summed E-state index contributed by atoms with van der Waals surface area (Å²) in [4.78, 5) is 11.4. The Kier molecular flexibility index (Phi) is 3.72. The van der Waals surface area contributed by atoms with E-state index in [2.05, 4.69) is 18.0 Å². The van der Waals surface area contributed by atoms with Gasteiger partial charge in [-0.3, -0.25) is 5.32 Å². The lowest BCUT2D eigenvalue weighted by Crippen LogP contribution is -2.27. The van der Waals surface area contributed by atoms with Crippen molar-refractivity contribution in [3.63, 3.8) is 0 Å². The van der Waals surface area contributed by atoms with Gasteiger partial charge in [0, 0.05) is 6.07 Å². The van der Waals surface area contributed by atoms with Crippen LogP contribution in [0, 0.1) is 6.07 Å². The average Bonchev–Trinajstić information content (AvgIpc) is 2.15. The van der Waals surface area contributed by atoms with Crippen LogP contribution in [0.5, 0.6) is 0 Å². The van der Waals surface area contributed by atoms with E-state index in [9.17, 15) is 4.79 Å². The van der Waals surface area contributed by atoms with Crippen molar-refractivity contribution < 1.29 is 9.53 Å². The topological polar surface area (TPSA) is 38.3 Å². The molecular weight excluding hydrogens is 202 g/mol.